The number of nitrogens with one attached hydrogen (secondary N) is 1. The molecule has 0 aliphatic heterocycles. The number of hydrogen-bond donors (Lipinski definition) is 1. The number of halogens is 1. The number of rotatable bonds is 6. The summed E-state index contributed by atoms with van der Waals surface area (Å²) in [5, 5.41) is 2.70. The molecule has 0 radical (unpaired) electrons. The second-order valence-electron chi connectivity index (χ2n) is 5.11. The minimum absolute atomic E-state index is 0.0416. The molecule has 126 valence electrons. The first kappa shape index (κ1) is 18.0. The first-order chi connectivity index (χ1) is 11.5. The molecule has 24 heavy (non-hydrogen) atoms. The molecule has 0 bridgehead atoms. The van der Waals surface area contributed by atoms with Gasteiger partial charge >= 0.3 is 0 Å². The minimum Gasteiger partial charge on any atom is -0.326 e. The Morgan fingerprint density at radius 3 is 2.25 bits per heavy atom. The Labute approximate surface area is 145 Å². The van der Waals surface area contributed by atoms with Crippen LogP contribution < -0.4 is 10.2 Å². The van der Waals surface area contributed by atoms with Crippen LogP contribution in [0.4, 0.5) is 15.8 Å². The third kappa shape index (κ3) is 5.09. The van der Waals surface area contributed by atoms with Crippen LogP contribution >= 0.6 is 11.8 Å². The van der Waals surface area contributed by atoms with Gasteiger partial charge in [0.05, 0.1) is 5.75 Å². The fourth-order valence-corrected chi connectivity index (χ4v) is 2.96. The summed E-state index contributed by atoms with van der Waals surface area (Å²) in [6.45, 7) is 3.86. The van der Waals surface area contributed by atoms with Crippen LogP contribution in [0.3, 0.4) is 0 Å². The lowest BCUT2D eigenvalue weighted by Crippen LogP contribution is -2.32. The van der Waals surface area contributed by atoms with E-state index in [0.717, 1.165) is 10.6 Å². The number of carbonyl (C=O) groups excluding carboxylic acids is 2. The van der Waals surface area contributed by atoms with Gasteiger partial charge in [-0.3, -0.25) is 9.59 Å². The van der Waals surface area contributed by atoms with E-state index in [-0.39, 0.29) is 23.4 Å². The molecule has 0 unspecified atom stereocenters. The molecular weight excluding hydrogens is 327 g/mol. The fourth-order valence-electron chi connectivity index (χ4n) is 2.18. The highest BCUT2D eigenvalue weighted by molar-refractivity contribution is 8.00. The van der Waals surface area contributed by atoms with Crippen molar-refractivity contribution in [2.24, 2.45) is 0 Å². The van der Waals surface area contributed by atoms with Crippen LogP contribution in [0.5, 0.6) is 0 Å². The topological polar surface area (TPSA) is 49.4 Å². The Hall–Kier alpha value is -2.34. The molecule has 0 saturated heterocycles. The number of nitrogens with zero attached hydrogens (tertiary/aromatic N) is 1. The van der Waals surface area contributed by atoms with Crippen molar-refractivity contribution in [2.45, 2.75) is 18.7 Å². The first-order valence-electron chi connectivity index (χ1n) is 7.56. The van der Waals surface area contributed by atoms with Crippen molar-refractivity contribution in [1.82, 2.24) is 0 Å². The smallest absolute Gasteiger partial charge is 0.237 e. The van der Waals surface area contributed by atoms with Crippen LogP contribution in [0, 0.1) is 5.82 Å². The molecule has 6 heteroatoms. The third-order valence-corrected chi connectivity index (χ3v) is 4.29. The average molecular weight is 346 g/mol. The van der Waals surface area contributed by atoms with Gasteiger partial charge in [-0.2, -0.15) is 0 Å². The molecule has 0 aliphatic rings. The second-order valence-corrected chi connectivity index (χ2v) is 6.16. The van der Waals surface area contributed by atoms with Gasteiger partial charge in [0.25, 0.3) is 0 Å². The summed E-state index contributed by atoms with van der Waals surface area (Å²) >= 11 is 1.42. The highest BCUT2D eigenvalue weighted by atomic mass is 32.2. The van der Waals surface area contributed by atoms with Crippen LogP contribution in [0.1, 0.15) is 13.8 Å². The SMILES string of the molecule is CCN(C(=O)CSc1ccc(NC(C)=O)cc1)c1ccc(F)cc1. The van der Waals surface area contributed by atoms with Crippen molar-refractivity contribution in [3.8, 4) is 0 Å². The molecule has 0 spiro atoms. The Morgan fingerprint density at radius 1 is 1.08 bits per heavy atom. The summed E-state index contributed by atoms with van der Waals surface area (Å²) in [6, 6.07) is 13.2. The molecule has 0 aliphatic carbocycles. The van der Waals surface area contributed by atoms with Gasteiger partial charge in [0.2, 0.25) is 11.8 Å². The number of carbonyl (C=O) groups is 2. The van der Waals surface area contributed by atoms with Crippen molar-refractivity contribution in [3.63, 3.8) is 0 Å². The van der Waals surface area contributed by atoms with E-state index >= 15 is 0 Å². The predicted molar refractivity (Wildman–Crippen MR) is 95.9 cm³/mol. The van der Waals surface area contributed by atoms with Crippen molar-refractivity contribution < 1.29 is 14.0 Å². The van der Waals surface area contributed by atoms with Crippen LogP contribution in [0.2, 0.25) is 0 Å². The van der Waals surface area contributed by atoms with Crippen molar-refractivity contribution in [1.29, 1.82) is 0 Å². The number of hydrogen-bond acceptors (Lipinski definition) is 3. The van der Waals surface area contributed by atoms with Crippen molar-refractivity contribution in [2.75, 3.05) is 22.5 Å². The van der Waals surface area contributed by atoms with Gasteiger partial charge in [-0.25, -0.2) is 4.39 Å². The Morgan fingerprint density at radius 2 is 1.71 bits per heavy atom. The van der Waals surface area contributed by atoms with E-state index in [0.29, 0.717) is 12.2 Å². The van der Waals surface area contributed by atoms with Gasteiger partial charge in [-0.05, 0) is 55.5 Å². The lowest BCUT2D eigenvalue weighted by atomic mass is 10.3. The summed E-state index contributed by atoms with van der Waals surface area (Å²) in [4.78, 5) is 25.9. The molecule has 1 N–H and O–H groups in total. The van der Waals surface area contributed by atoms with Gasteiger partial charge < -0.3 is 10.2 Å². The minimum atomic E-state index is -0.323. The predicted octanol–water partition coefficient (Wildman–Crippen LogP) is 3.93. The van der Waals surface area contributed by atoms with E-state index in [1.54, 1.807) is 29.2 Å². The molecule has 2 rings (SSSR count). The quantitative estimate of drug-likeness (QED) is 0.806. The first-order valence-corrected chi connectivity index (χ1v) is 8.54. The largest absolute Gasteiger partial charge is 0.326 e. The third-order valence-electron chi connectivity index (χ3n) is 3.29. The van der Waals surface area contributed by atoms with Gasteiger partial charge in [-0.15, -0.1) is 11.8 Å². The highest BCUT2D eigenvalue weighted by Crippen LogP contribution is 2.22. The zero-order valence-corrected chi connectivity index (χ0v) is 14.4. The molecule has 2 aromatic rings. The van der Waals surface area contributed by atoms with Crippen LogP contribution in [-0.2, 0) is 9.59 Å². The number of anilines is 2. The molecular formula is C18H19FN2O2S. The van der Waals surface area contributed by atoms with Crippen molar-refractivity contribution >= 4 is 35.0 Å². The summed E-state index contributed by atoms with van der Waals surface area (Å²) in [5.74, 6) is -0.204. The zero-order valence-electron chi connectivity index (χ0n) is 13.6. The lowest BCUT2D eigenvalue weighted by molar-refractivity contribution is -0.116. The van der Waals surface area contributed by atoms with E-state index in [1.165, 1.54) is 30.8 Å². The summed E-state index contributed by atoms with van der Waals surface area (Å²) in [7, 11) is 0. The normalized spacial score (nSPS) is 10.3. The summed E-state index contributed by atoms with van der Waals surface area (Å²) < 4.78 is 13.0. The fraction of sp³-hybridized carbons (Fsp3) is 0.222. The molecule has 0 saturated carbocycles. The van der Waals surface area contributed by atoms with E-state index < -0.39 is 0 Å². The van der Waals surface area contributed by atoms with E-state index in [2.05, 4.69) is 5.32 Å². The molecule has 0 heterocycles. The maximum atomic E-state index is 13.0. The molecule has 2 amide bonds. The molecule has 4 nitrogen and oxygen atoms in total. The van der Waals surface area contributed by atoms with Crippen LogP contribution in [0.15, 0.2) is 53.4 Å². The van der Waals surface area contributed by atoms with E-state index in [9.17, 15) is 14.0 Å². The van der Waals surface area contributed by atoms with Gasteiger partial charge in [0.15, 0.2) is 0 Å². The Kier molecular flexibility index (Phi) is 6.37. The van der Waals surface area contributed by atoms with Crippen LogP contribution in [-0.4, -0.2) is 24.1 Å². The van der Waals surface area contributed by atoms with Gasteiger partial charge in [0.1, 0.15) is 5.82 Å². The average Bonchev–Trinajstić information content (AvgIpc) is 2.56. The maximum absolute atomic E-state index is 13.0. The standard InChI is InChI=1S/C18H19FN2O2S/c1-3-21(16-8-4-14(19)5-9-16)18(23)12-24-17-10-6-15(7-11-17)20-13(2)22/h4-11H,3,12H2,1-2H3,(H,20,22). The molecule has 0 fully saturated rings. The molecule has 2 aromatic carbocycles. The van der Waals surface area contributed by atoms with Gasteiger partial charge in [0, 0.05) is 29.7 Å². The number of thioether (sulfide) groups is 1. The summed E-state index contributed by atoms with van der Waals surface area (Å²) in [5.41, 5.74) is 1.41. The van der Waals surface area contributed by atoms with Gasteiger partial charge in [-0.1, -0.05) is 0 Å². The number of amides is 2. The van der Waals surface area contributed by atoms with Crippen molar-refractivity contribution in [3.05, 3.63) is 54.3 Å². The Balaban J connectivity index is 1.95. The lowest BCUT2D eigenvalue weighted by Gasteiger charge is -2.21. The zero-order chi connectivity index (χ0) is 17.5. The summed E-state index contributed by atoms with van der Waals surface area (Å²) in [6.07, 6.45) is 0. The second kappa shape index (κ2) is 8.49. The molecule has 0 aromatic heterocycles. The number of benzene rings is 2. The molecule has 0 atom stereocenters. The monoisotopic (exact) mass is 346 g/mol. The maximum Gasteiger partial charge on any atom is 0.237 e. The Bertz CT molecular complexity index is 702. The highest BCUT2D eigenvalue weighted by Gasteiger charge is 2.14. The van der Waals surface area contributed by atoms with Crippen LogP contribution in [0.25, 0.3) is 0 Å². The van der Waals surface area contributed by atoms with E-state index in [1.807, 2.05) is 19.1 Å². The van der Waals surface area contributed by atoms with E-state index in [4.69, 9.17) is 0 Å².